The Labute approximate surface area is 117 Å². The molecule has 1 N–H and O–H groups in total. The normalized spacial score (nSPS) is 14.8. The van der Waals surface area contributed by atoms with Gasteiger partial charge in [0.1, 0.15) is 11.5 Å². The first-order valence-electron chi connectivity index (χ1n) is 6.78. The second kappa shape index (κ2) is 5.25. The molecule has 19 heavy (non-hydrogen) atoms. The predicted octanol–water partition coefficient (Wildman–Crippen LogP) is 3.22. The zero-order valence-corrected chi connectivity index (χ0v) is 12.2. The molecule has 0 radical (unpaired) electrons. The summed E-state index contributed by atoms with van der Waals surface area (Å²) in [4.78, 5) is 13.9. The minimum atomic E-state index is 0.759. The van der Waals surface area contributed by atoms with Gasteiger partial charge >= 0.3 is 0 Å². The molecule has 0 aliphatic heterocycles. The molecule has 2 aromatic heterocycles. The predicted molar refractivity (Wildman–Crippen MR) is 78.7 cm³/mol. The van der Waals surface area contributed by atoms with Gasteiger partial charge in [-0.15, -0.1) is 11.3 Å². The summed E-state index contributed by atoms with van der Waals surface area (Å²) < 4.78 is 0. The summed E-state index contributed by atoms with van der Waals surface area (Å²) >= 11 is 1.64. The van der Waals surface area contributed by atoms with Crippen molar-refractivity contribution >= 4 is 17.2 Å². The Morgan fingerprint density at radius 1 is 1.11 bits per heavy atom. The summed E-state index contributed by atoms with van der Waals surface area (Å²) in [5.41, 5.74) is 3.40. The fraction of sp³-hybridized carbons (Fsp3) is 0.500. The van der Waals surface area contributed by atoms with Crippen LogP contribution in [-0.4, -0.2) is 22.0 Å². The minimum Gasteiger partial charge on any atom is -0.373 e. The molecule has 1 aliphatic rings. The molecule has 4 nitrogen and oxygen atoms in total. The fourth-order valence-electron chi connectivity index (χ4n) is 2.56. The molecule has 0 atom stereocenters. The molecule has 0 fully saturated rings. The van der Waals surface area contributed by atoms with E-state index in [2.05, 4.69) is 15.3 Å². The van der Waals surface area contributed by atoms with Crippen molar-refractivity contribution in [2.75, 3.05) is 12.4 Å². The third kappa shape index (κ3) is 2.47. The molecule has 2 aromatic rings. The molecule has 0 bridgehead atoms. The third-order valence-electron chi connectivity index (χ3n) is 3.52. The van der Waals surface area contributed by atoms with Crippen molar-refractivity contribution in [2.24, 2.45) is 0 Å². The molecule has 0 unspecified atom stereocenters. The first-order valence-corrected chi connectivity index (χ1v) is 7.66. The number of anilines is 1. The number of nitrogens with one attached hydrogen (secondary N) is 1. The molecule has 0 saturated heterocycles. The molecule has 5 heteroatoms. The lowest BCUT2D eigenvalue weighted by Crippen LogP contribution is -2.07. The SMILES string of the molecule is CNc1nc(-c2csc(C)n2)nc2c1CCCCC2. The Hall–Kier alpha value is -1.49. The lowest BCUT2D eigenvalue weighted by atomic mass is 10.1. The van der Waals surface area contributed by atoms with Crippen molar-refractivity contribution < 1.29 is 0 Å². The maximum absolute atomic E-state index is 4.76. The van der Waals surface area contributed by atoms with Gasteiger partial charge in [-0.2, -0.15) is 0 Å². The Kier molecular flexibility index (Phi) is 3.46. The van der Waals surface area contributed by atoms with Crippen molar-refractivity contribution in [3.05, 3.63) is 21.6 Å². The van der Waals surface area contributed by atoms with Crippen LogP contribution in [0.2, 0.25) is 0 Å². The molecule has 100 valence electrons. The number of thiazole rings is 1. The summed E-state index contributed by atoms with van der Waals surface area (Å²) in [6.45, 7) is 2.01. The van der Waals surface area contributed by atoms with Crippen LogP contribution in [0.3, 0.4) is 0 Å². The molecule has 0 saturated carbocycles. The number of aromatic nitrogens is 3. The van der Waals surface area contributed by atoms with Gasteiger partial charge in [0.25, 0.3) is 0 Å². The van der Waals surface area contributed by atoms with Gasteiger partial charge in [-0.05, 0) is 32.6 Å². The quantitative estimate of drug-likeness (QED) is 0.854. The van der Waals surface area contributed by atoms with Crippen molar-refractivity contribution in [1.82, 2.24) is 15.0 Å². The minimum absolute atomic E-state index is 0.759. The van der Waals surface area contributed by atoms with E-state index in [0.29, 0.717) is 0 Å². The van der Waals surface area contributed by atoms with Gasteiger partial charge in [-0.1, -0.05) is 6.42 Å². The van der Waals surface area contributed by atoms with Crippen molar-refractivity contribution in [1.29, 1.82) is 0 Å². The summed E-state index contributed by atoms with van der Waals surface area (Å²) in [5, 5.41) is 6.31. The van der Waals surface area contributed by atoms with Crippen LogP contribution in [0.5, 0.6) is 0 Å². The van der Waals surface area contributed by atoms with Gasteiger partial charge in [0.2, 0.25) is 0 Å². The number of hydrogen-bond donors (Lipinski definition) is 1. The molecule has 1 aliphatic carbocycles. The first kappa shape index (κ1) is 12.5. The van der Waals surface area contributed by atoms with Crippen LogP contribution in [0.4, 0.5) is 5.82 Å². The van der Waals surface area contributed by atoms with Crippen LogP contribution < -0.4 is 5.32 Å². The smallest absolute Gasteiger partial charge is 0.181 e. The largest absolute Gasteiger partial charge is 0.373 e. The van der Waals surface area contributed by atoms with Crippen LogP contribution in [0.15, 0.2) is 5.38 Å². The molecule has 2 heterocycles. The number of fused-ring (bicyclic) bond motifs is 1. The van der Waals surface area contributed by atoms with Crippen molar-refractivity contribution in [3.8, 4) is 11.5 Å². The highest BCUT2D eigenvalue weighted by Crippen LogP contribution is 2.28. The van der Waals surface area contributed by atoms with Gasteiger partial charge in [0.15, 0.2) is 5.82 Å². The highest BCUT2D eigenvalue weighted by molar-refractivity contribution is 7.09. The standard InChI is InChI=1S/C14H18N4S/c1-9-16-12(8-19-9)14-17-11-7-5-3-4-6-10(11)13(15-2)18-14/h8H,3-7H2,1-2H3,(H,15,17,18). The van der Waals surface area contributed by atoms with E-state index in [9.17, 15) is 0 Å². The summed E-state index contributed by atoms with van der Waals surface area (Å²) in [6, 6.07) is 0. The van der Waals surface area contributed by atoms with Crippen molar-refractivity contribution in [3.63, 3.8) is 0 Å². The van der Waals surface area contributed by atoms with E-state index < -0.39 is 0 Å². The van der Waals surface area contributed by atoms with Gasteiger partial charge in [-0.25, -0.2) is 15.0 Å². The highest BCUT2D eigenvalue weighted by atomic mass is 32.1. The van der Waals surface area contributed by atoms with Gasteiger partial charge in [0, 0.05) is 23.7 Å². The van der Waals surface area contributed by atoms with E-state index in [0.717, 1.165) is 35.2 Å². The second-order valence-corrected chi connectivity index (χ2v) is 5.95. The monoisotopic (exact) mass is 274 g/mol. The Balaban J connectivity index is 2.09. The van der Waals surface area contributed by atoms with Crippen LogP contribution >= 0.6 is 11.3 Å². The zero-order chi connectivity index (χ0) is 13.2. The molecule has 3 rings (SSSR count). The molecule has 0 aromatic carbocycles. The third-order valence-corrected chi connectivity index (χ3v) is 4.29. The second-order valence-electron chi connectivity index (χ2n) is 4.88. The summed E-state index contributed by atoms with van der Waals surface area (Å²) in [5.74, 6) is 1.74. The molecule has 0 spiro atoms. The Bertz CT molecular complexity index is 591. The molecular formula is C14H18N4S. The lowest BCUT2D eigenvalue weighted by Gasteiger charge is -2.12. The highest BCUT2D eigenvalue weighted by Gasteiger charge is 2.17. The van der Waals surface area contributed by atoms with E-state index in [4.69, 9.17) is 4.98 Å². The maximum Gasteiger partial charge on any atom is 0.181 e. The topological polar surface area (TPSA) is 50.7 Å². The van der Waals surface area contributed by atoms with E-state index in [1.807, 2.05) is 19.4 Å². The lowest BCUT2D eigenvalue weighted by molar-refractivity contribution is 0.709. The Morgan fingerprint density at radius 3 is 2.68 bits per heavy atom. The van der Waals surface area contributed by atoms with Crippen LogP contribution in [0.25, 0.3) is 11.5 Å². The number of aryl methyl sites for hydroxylation is 2. The molecule has 0 amide bonds. The number of rotatable bonds is 2. The van der Waals surface area contributed by atoms with Crippen LogP contribution in [-0.2, 0) is 12.8 Å². The van der Waals surface area contributed by atoms with Crippen molar-refractivity contribution in [2.45, 2.75) is 39.0 Å². The Morgan fingerprint density at radius 2 is 1.95 bits per heavy atom. The van der Waals surface area contributed by atoms with Crippen LogP contribution in [0, 0.1) is 6.92 Å². The van der Waals surface area contributed by atoms with Gasteiger partial charge in [0.05, 0.1) is 5.01 Å². The average Bonchev–Trinajstić information content (AvgIpc) is 2.72. The van der Waals surface area contributed by atoms with E-state index in [1.54, 1.807) is 11.3 Å². The van der Waals surface area contributed by atoms with E-state index in [1.165, 1.54) is 30.5 Å². The zero-order valence-electron chi connectivity index (χ0n) is 11.4. The first-order chi connectivity index (χ1) is 9.28. The van der Waals surface area contributed by atoms with E-state index in [-0.39, 0.29) is 0 Å². The van der Waals surface area contributed by atoms with E-state index >= 15 is 0 Å². The maximum atomic E-state index is 4.76. The summed E-state index contributed by atoms with van der Waals surface area (Å²) in [7, 11) is 1.93. The number of hydrogen-bond acceptors (Lipinski definition) is 5. The summed E-state index contributed by atoms with van der Waals surface area (Å²) in [6.07, 6.45) is 5.89. The van der Waals surface area contributed by atoms with Gasteiger partial charge < -0.3 is 5.32 Å². The van der Waals surface area contributed by atoms with Gasteiger partial charge in [-0.3, -0.25) is 0 Å². The molecular weight excluding hydrogens is 256 g/mol. The van der Waals surface area contributed by atoms with Crippen LogP contribution in [0.1, 0.15) is 35.5 Å². The average molecular weight is 274 g/mol. The fourth-order valence-corrected chi connectivity index (χ4v) is 3.15. The number of nitrogens with zero attached hydrogens (tertiary/aromatic N) is 3.